The van der Waals surface area contributed by atoms with Gasteiger partial charge >= 0.3 is 0 Å². The summed E-state index contributed by atoms with van der Waals surface area (Å²) >= 11 is 0. The van der Waals surface area contributed by atoms with E-state index in [1.165, 1.54) is 14.2 Å². The van der Waals surface area contributed by atoms with Crippen molar-refractivity contribution in [3.8, 4) is 11.5 Å². The Labute approximate surface area is 135 Å². The minimum absolute atomic E-state index is 0.0117. The standard InChI is InChI=1S/C16H23N3O4/c1-18-15(20)9-23-13-6-5-11(7-14(13)22-2)16(21)19-12(8-17)10-3-4-10/h5-7,10,12H,3-4,8-9,17H2,1-2H3,(H,18,20)(H,19,21). The largest absolute Gasteiger partial charge is 0.493 e. The highest BCUT2D eigenvalue weighted by atomic mass is 16.5. The lowest BCUT2D eigenvalue weighted by molar-refractivity contribution is -0.122. The molecule has 0 radical (unpaired) electrons. The van der Waals surface area contributed by atoms with Gasteiger partial charge < -0.3 is 25.8 Å². The van der Waals surface area contributed by atoms with Crippen molar-refractivity contribution in [1.29, 1.82) is 0 Å². The number of carbonyl (C=O) groups excluding carboxylic acids is 2. The van der Waals surface area contributed by atoms with Crippen LogP contribution in [0.2, 0.25) is 0 Å². The van der Waals surface area contributed by atoms with E-state index in [9.17, 15) is 9.59 Å². The predicted molar refractivity (Wildman–Crippen MR) is 85.6 cm³/mol. The Bertz CT molecular complexity index is 572. The van der Waals surface area contributed by atoms with E-state index >= 15 is 0 Å². The zero-order chi connectivity index (χ0) is 16.8. The fourth-order valence-electron chi connectivity index (χ4n) is 2.26. The smallest absolute Gasteiger partial charge is 0.257 e. The van der Waals surface area contributed by atoms with E-state index in [1.54, 1.807) is 18.2 Å². The summed E-state index contributed by atoms with van der Waals surface area (Å²) in [5, 5.41) is 5.42. The van der Waals surface area contributed by atoms with E-state index in [0.29, 0.717) is 29.5 Å². The van der Waals surface area contributed by atoms with Gasteiger partial charge in [-0.05, 0) is 37.0 Å². The van der Waals surface area contributed by atoms with Crippen molar-refractivity contribution in [2.24, 2.45) is 11.7 Å². The predicted octanol–water partition coefficient (Wildman–Crippen LogP) is 0.287. The van der Waals surface area contributed by atoms with Gasteiger partial charge in [0.15, 0.2) is 18.1 Å². The lowest BCUT2D eigenvalue weighted by atomic mass is 10.1. The molecule has 1 aromatic carbocycles. The summed E-state index contributed by atoms with van der Waals surface area (Å²) in [5.41, 5.74) is 6.17. The molecule has 0 aromatic heterocycles. The van der Waals surface area contributed by atoms with Crippen LogP contribution in [0.3, 0.4) is 0 Å². The Kier molecular flexibility index (Phi) is 5.81. The summed E-state index contributed by atoms with van der Waals surface area (Å²) in [6.45, 7) is 0.316. The van der Waals surface area contributed by atoms with Crippen molar-refractivity contribution in [1.82, 2.24) is 10.6 Å². The van der Waals surface area contributed by atoms with Crippen LogP contribution >= 0.6 is 0 Å². The van der Waals surface area contributed by atoms with E-state index in [1.807, 2.05) is 0 Å². The average molecular weight is 321 g/mol. The summed E-state index contributed by atoms with van der Waals surface area (Å²) in [7, 11) is 3.01. The molecule has 7 heteroatoms. The van der Waals surface area contributed by atoms with Gasteiger partial charge in [-0.15, -0.1) is 0 Å². The third kappa shape index (κ3) is 4.59. The summed E-state index contributed by atoms with van der Waals surface area (Å²) in [6, 6.07) is 4.86. The number of methoxy groups -OCH3 is 1. The summed E-state index contributed by atoms with van der Waals surface area (Å²) < 4.78 is 10.6. The minimum atomic E-state index is -0.246. The lowest BCUT2D eigenvalue weighted by Crippen LogP contribution is -2.41. The van der Waals surface area contributed by atoms with E-state index in [-0.39, 0.29) is 24.5 Å². The van der Waals surface area contributed by atoms with E-state index < -0.39 is 0 Å². The van der Waals surface area contributed by atoms with Crippen LogP contribution < -0.4 is 25.8 Å². The molecule has 0 saturated heterocycles. The van der Waals surface area contributed by atoms with Gasteiger partial charge in [0.05, 0.1) is 7.11 Å². The van der Waals surface area contributed by atoms with Crippen LogP contribution in [-0.4, -0.2) is 45.2 Å². The van der Waals surface area contributed by atoms with Crippen molar-refractivity contribution in [2.75, 3.05) is 27.3 Å². The molecule has 1 atom stereocenters. The van der Waals surface area contributed by atoms with Gasteiger partial charge in [0.1, 0.15) is 0 Å². The zero-order valence-corrected chi connectivity index (χ0v) is 13.4. The second-order valence-electron chi connectivity index (χ2n) is 5.48. The van der Waals surface area contributed by atoms with Gasteiger partial charge in [-0.2, -0.15) is 0 Å². The van der Waals surface area contributed by atoms with E-state index in [0.717, 1.165) is 12.8 Å². The number of hydrogen-bond acceptors (Lipinski definition) is 5. The molecule has 4 N–H and O–H groups in total. The molecule has 23 heavy (non-hydrogen) atoms. The molecular weight excluding hydrogens is 298 g/mol. The molecule has 1 fully saturated rings. The Morgan fingerprint density at radius 2 is 2.09 bits per heavy atom. The number of carbonyl (C=O) groups is 2. The van der Waals surface area contributed by atoms with Gasteiger partial charge in [-0.1, -0.05) is 0 Å². The minimum Gasteiger partial charge on any atom is -0.493 e. The van der Waals surface area contributed by atoms with Crippen LogP contribution in [0.4, 0.5) is 0 Å². The third-order valence-corrected chi connectivity index (χ3v) is 3.82. The Morgan fingerprint density at radius 3 is 2.65 bits per heavy atom. The van der Waals surface area contributed by atoms with Crippen molar-refractivity contribution in [3.63, 3.8) is 0 Å². The summed E-state index contributed by atoms with van der Waals surface area (Å²) in [5.74, 6) is 0.857. The molecular formula is C16H23N3O4. The highest BCUT2D eigenvalue weighted by Gasteiger charge is 2.31. The maximum absolute atomic E-state index is 12.3. The van der Waals surface area contributed by atoms with Crippen molar-refractivity contribution in [3.05, 3.63) is 23.8 Å². The lowest BCUT2D eigenvalue weighted by Gasteiger charge is -2.17. The Balaban J connectivity index is 2.04. The number of likely N-dealkylation sites (N-methyl/N-ethyl adjacent to an activating group) is 1. The molecule has 2 amide bonds. The Morgan fingerprint density at radius 1 is 1.35 bits per heavy atom. The monoisotopic (exact) mass is 321 g/mol. The number of amides is 2. The first-order valence-corrected chi connectivity index (χ1v) is 7.61. The molecule has 1 unspecified atom stereocenters. The van der Waals surface area contributed by atoms with Crippen molar-refractivity contribution in [2.45, 2.75) is 18.9 Å². The molecule has 1 aliphatic rings. The van der Waals surface area contributed by atoms with E-state index in [2.05, 4.69) is 10.6 Å². The molecule has 7 nitrogen and oxygen atoms in total. The van der Waals surface area contributed by atoms with E-state index in [4.69, 9.17) is 15.2 Å². The highest BCUT2D eigenvalue weighted by Crippen LogP contribution is 2.32. The summed E-state index contributed by atoms with van der Waals surface area (Å²) in [4.78, 5) is 23.5. The normalized spacial score (nSPS) is 14.7. The second-order valence-corrected chi connectivity index (χ2v) is 5.48. The van der Waals surface area contributed by atoms with Crippen LogP contribution in [-0.2, 0) is 4.79 Å². The molecule has 126 valence electrons. The van der Waals surface area contributed by atoms with Crippen LogP contribution in [0.25, 0.3) is 0 Å². The first-order chi connectivity index (χ1) is 11.1. The zero-order valence-electron chi connectivity index (χ0n) is 13.4. The highest BCUT2D eigenvalue weighted by molar-refractivity contribution is 5.95. The van der Waals surface area contributed by atoms with Crippen LogP contribution in [0.15, 0.2) is 18.2 Å². The fraction of sp³-hybridized carbons (Fsp3) is 0.500. The molecule has 1 aliphatic carbocycles. The maximum atomic E-state index is 12.3. The number of ether oxygens (including phenoxy) is 2. The quantitative estimate of drug-likeness (QED) is 0.638. The van der Waals surface area contributed by atoms with Gasteiger partial charge in [0.25, 0.3) is 11.8 Å². The average Bonchev–Trinajstić information content (AvgIpc) is 3.41. The molecule has 0 spiro atoms. The fourth-order valence-corrected chi connectivity index (χ4v) is 2.26. The van der Waals surface area contributed by atoms with Gasteiger partial charge in [0, 0.05) is 25.2 Å². The molecule has 1 aromatic rings. The first kappa shape index (κ1) is 17.1. The number of rotatable bonds is 8. The van der Waals surface area contributed by atoms with Crippen molar-refractivity contribution < 1.29 is 19.1 Å². The number of nitrogens with two attached hydrogens (primary N) is 1. The van der Waals surface area contributed by atoms with Gasteiger partial charge in [0.2, 0.25) is 0 Å². The number of nitrogens with one attached hydrogen (secondary N) is 2. The molecule has 0 bridgehead atoms. The van der Waals surface area contributed by atoms with Crippen molar-refractivity contribution >= 4 is 11.8 Å². The summed E-state index contributed by atoms with van der Waals surface area (Å²) in [6.07, 6.45) is 2.22. The Hall–Kier alpha value is -2.28. The number of benzene rings is 1. The molecule has 1 saturated carbocycles. The van der Waals surface area contributed by atoms with Gasteiger partial charge in [-0.3, -0.25) is 9.59 Å². The van der Waals surface area contributed by atoms with Crippen LogP contribution in [0.5, 0.6) is 11.5 Å². The first-order valence-electron chi connectivity index (χ1n) is 7.61. The molecule has 0 heterocycles. The topological polar surface area (TPSA) is 103 Å². The van der Waals surface area contributed by atoms with Crippen LogP contribution in [0.1, 0.15) is 23.2 Å². The third-order valence-electron chi connectivity index (χ3n) is 3.82. The van der Waals surface area contributed by atoms with Crippen LogP contribution in [0, 0.1) is 5.92 Å². The molecule has 0 aliphatic heterocycles. The number of hydrogen-bond donors (Lipinski definition) is 3. The van der Waals surface area contributed by atoms with Gasteiger partial charge in [-0.25, -0.2) is 0 Å². The molecule has 2 rings (SSSR count). The second kappa shape index (κ2) is 7.82. The maximum Gasteiger partial charge on any atom is 0.257 e. The SMILES string of the molecule is CNC(=O)COc1ccc(C(=O)NC(CN)C2CC2)cc1OC.